The number of nitrogens with zero attached hydrogens (tertiary/aromatic N) is 1. The lowest BCUT2D eigenvalue weighted by molar-refractivity contribution is -0.697. The summed E-state index contributed by atoms with van der Waals surface area (Å²) in [6, 6.07) is 15.1. The number of benzene rings is 1. The zero-order valence-corrected chi connectivity index (χ0v) is 9.11. The van der Waals surface area contributed by atoms with Gasteiger partial charge >= 0.3 is 0 Å². The minimum absolute atomic E-state index is 0. The summed E-state index contributed by atoms with van der Waals surface area (Å²) in [6.07, 6.45) is 3.22. The molecule has 1 aliphatic heterocycles. The molecule has 1 aromatic heterocycles. The number of halogens is 1. The summed E-state index contributed by atoms with van der Waals surface area (Å²) in [4.78, 5) is 0. The van der Waals surface area contributed by atoms with Gasteiger partial charge in [0.25, 0.3) is 0 Å². The third-order valence-electron chi connectivity index (χ3n) is 2.87. The first kappa shape index (κ1) is 10.2. The molecule has 0 saturated carbocycles. The quantitative estimate of drug-likeness (QED) is 0.423. The van der Waals surface area contributed by atoms with Gasteiger partial charge in [-0.05, 0) is 5.56 Å². The van der Waals surface area contributed by atoms with Crippen molar-refractivity contribution in [3.63, 3.8) is 0 Å². The minimum Gasteiger partial charge on any atom is -1.00 e. The summed E-state index contributed by atoms with van der Waals surface area (Å²) in [5.41, 5.74) is 4.33. The fourth-order valence-electron chi connectivity index (χ4n) is 2.09. The van der Waals surface area contributed by atoms with Crippen molar-refractivity contribution in [3.8, 4) is 0 Å². The molecule has 2 heterocycles. The van der Waals surface area contributed by atoms with Gasteiger partial charge in [-0.15, -0.1) is 0 Å². The fourth-order valence-corrected chi connectivity index (χ4v) is 2.09. The largest absolute Gasteiger partial charge is 1.00 e. The van der Waals surface area contributed by atoms with E-state index in [9.17, 15) is 0 Å². The van der Waals surface area contributed by atoms with E-state index in [4.69, 9.17) is 0 Å². The molecule has 0 atom stereocenters. The number of pyridine rings is 1. The lowest BCUT2D eigenvalue weighted by Crippen LogP contribution is -3.00. The number of hydrogen-bond donors (Lipinski definition) is 0. The Balaban J connectivity index is 0.000000853. The highest BCUT2D eigenvalue weighted by Crippen LogP contribution is 2.16. The second-order valence-corrected chi connectivity index (χ2v) is 3.77. The van der Waals surface area contributed by atoms with Gasteiger partial charge in [0.1, 0.15) is 0 Å². The van der Waals surface area contributed by atoms with E-state index in [0.717, 1.165) is 13.0 Å². The molecular weight excluding hydrogens is 206 g/mol. The fraction of sp³-hybridized carbons (Fsp3) is 0.154. The molecule has 0 spiro atoms. The molecule has 1 nitrogen and oxygen atoms in total. The predicted molar refractivity (Wildman–Crippen MR) is 55.0 cm³/mol. The van der Waals surface area contributed by atoms with Crippen molar-refractivity contribution < 1.29 is 17.0 Å². The zero-order valence-electron chi connectivity index (χ0n) is 8.36. The molecule has 3 rings (SSSR count). The van der Waals surface area contributed by atoms with Crippen molar-refractivity contribution in [1.29, 1.82) is 0 Å². The summed E-state index contributed by atoms with van der Waals surface area (Å²) in [5, 5.41) is 0. The molecule has 0 radical (unpaired) electrons. The van der Waals surface area contributed by atoms with E-state index < -0.39 is 0 Å². The normalized spacial score (nSPS) is 12.3. The Morgan fingerprint density at radius 2 is 1.60 bits per heavy atom. The molecule has 15 heavy (non-hydrogen) atoms. The maximum atomic E-state index is 2.32. The molecule has 2 heteroatoms. The Kier molecular flexibility index (Phi) is 2.74. The Labute approximate surface area is 95.8 Å². The van der Waals surface area contributed by atoms with Crippen LogP contribution < -0.4 is 17.0 Å². The summed E-state index contributed by atoms with van der Waals surface area (Å²) >= 11 is 0. The minimum atomic E-state index is 0. The van der Waals surface area contributed by atoms with Crippen LogP contribution in [0.5, 0.6) is 0 Å². The lowest BCUT2D eigenvalue weighted by atomic mass is 9.99. The van der Waals surface area contributed by atoms with Crippen LogP contribution in [0.1, 0.15) is 16.8 Å². The van der Waals surface area contributed by atoms with E-state index in [2.05, 4.69) is 53.2 Å². The van der Waals surface area contributed by atoms with Gasteiger partial charge in [-0.1, -0.05) is 30.3 Å². The van der Waals surface area contributed by atoms with Gasteiger partial charge in [-0.3, -0.25) is 0 Å². The van der Waals surface area contributed by atoms with Crippen LogP contribution in [0.25, 0.3) is 0 Å². The second kappa shape index (κ2) is 4.03. The number of hydrogen-bond acceptors (Lipinski definition) is 0. The number of fused-ring (bicyclic) bond motifs is 2. The molecule has 0 bridgehead atoms. The maximum Gasteiger partial charge on any atom is 0.186 e. The van der Waals surface area contributed by atoms with Crippen molar-refractivity contribution in [2.45, 2.75) is 13.0 Å². The Hall–Kier alpha value is -1.34. The smallest absolute Gasteiger partial charge is 0.186 e. The van der Waals surface area contributed by atoms with Gasteiger partial charge in [0, 0.05) is 17.7 Å². The summed E-state index contributed by atoms with van der Waals surface area (Å²) in [6.45, 7) is 1.02. The standard InChI is InChI=1S/C13H12N.ClH/c1-2-6-12-10-14-8-4-3-7-13(14)9-11(12)5-1;/h1-8H,9-10H2;1H/q+1;/p-1. The summed E-state index contributed by atoms with van der Waals surface area (Å²) in [5.74, 6) is 0. The highest BCUT2D eigenvalue weighted by molar-refractivity contribution is 5.30. The number of rotatable bonds is 0. The maximum absolute atomic E-state index is 2.32. The summed E-state index contributed by atoms with van der Waals surface area (Å²) in [7, 11) is 0. The average Bonchev–Trinajstić information content (AvgIpc) is 2.26. The van der Waals surface area contributed by atoms with Crippen LogP contribution in [-0.4, -0.2) is 0 Å². The molecule has 0 amide bonds. The summed E-state index contributed by atoms with van der Waals surface area (Å²) < 4.78 is 2.32. The lowest BCUT2D eigenvalue weighted by Gasteiger charge is -2.13. The van der Waals surface area contributed by atoms with E-state index in [0.29, 0.717) is 0 Å². The third-order valence-corrected chi connectivity index (χ3v) is 2.87. The van der Waals surface area contributed by atoms with Crippen LogP contribution in [0.2, 0.25) is 0 Å². The van der Waals surface area contributed by atoms with Crippen LogP contribution in [0.3, 0.4) is 0 Å². The van der Waals surface area contributed by atoms with Crippen molar-refractivity contribution >= 4 is 0 Å². The molecule has 0 saturated heterocycles. The van der Waals surface area contributed by atoms with Gasteiger partial charge in [0.15, 0.2) is 18.4 Å². The Morgan fingerprint density at radius 1 is 0.867 bits per heavy atom. The van der Waals surface area contributed by atoms with Crippen molar-refractivity contribution in [2.75, 3.05) is 0 Å². The van der Waals surface area contributed by atoms with Gasteiger partial charge in [0.2, 0.25) is 0 Å². The molecule has 1 aromatic carbocycles. The zero-order chi connectivity index (χ0) is 9.38. The van der Waals surface area contributed by atoms with E-state index >= 15 is 0 Å². The van der Waals surface area contributed by atoms with Crippen molar-refractivity contribution in [2.24, 2.45) is 0 Å². The highest BCUT2D eigenvalue weighted by Gasteiger charge is 2.19. The van der Waals surface area contributed by atoms with Crippen LogP contribution in [0, 0.1) is 0 Å². The molecule has 0 aliphatic carbocycles. The van der Waals surface area contributed by atoms with Gasteiger partial charge in [-0.25, -0.2) is 0 Å². The first-order valence-corrected chi connectivity index (χ1v) is 4.97. The Morgan fingerprint density at radius 3 is 2.47 bits per heavy atom. The number of aromatic nitrogens is 1. The molecule has 0 unspecified atom stereocenters. The molecule has 0 N–H and O–H groups in total. The SMILES string of the molecule is [Cl-].c1ccc2c(c1)Cc1cccc[n+]1C2. The topological polar surface area (TPSA) is 3.88 Å². The molecule has 0 fully saturated rings. The van der Waals surface area contributed by atoms with Crippen LogP contribution in [-0.2, 0) is 13.0 Å². The molecular formula is C13H12ClN. The molecule has 2 aromatic rings. The van der Waals surface area contributed by atoms with Crippen LogP contribution in [0.4, 0.5) is 0 Å². The second-order valence-electron chi connectivity index (χ2n) is 3.77. The van der Waals surface area contributed by atoms with E-state index in [-0.39, 0.29) is 12.4 Å². The average molecular weight is 218 g/mol. The van der Waals surface area contributed by atoms with E-state index in [1.807, 2.05) is 0 Å². The third kappa shape index (κ3) is 1.75. The van der Waals surface area contributed by atoms with Crippen LogP contribution in [0.15, 0.2) is 48.7 Å². The van der Waals surface area contributed by atoms with Crippen molar-refractivity contribution in [1.82, 2.24) is 0 Å². The first-order valence-electron chi connectivity index (χ1n) is 4.97. The Bertz CT molecular complexity index is 392. The van der Waals surface area contributed by atoms with E-state index in [1.54, 1.807) is 0 Å². The van der Waals surface area contributed by atoms with Gasteiger partial charge in [-0.2, -0.15) is 4.57 Å². The first-order chi connectivity index (χ1) is 6.93. The molecule has 76 valence electrons. The monoisotopic (exact) mass is 217 g/mol. The van der Waals surface area contributed by atoms with Gasteiger partial charge < -0.3 is 12.4 Å². The van der Waals surface area contributed by atoms with E-state index in [1.165, 1.54) is 16.8 Å². The van der Waals surface area contributed by atoms with Crippen LogP contribution >= 0.6 is 0 Å². The predicted octanol–water partition coefficient (Wildman–Crippen LogP) is -1.07. The molecule has 1 aliphatic rings. The van der Waals surface area contributed by atoms with Crippen molar-refractivity contribution in [3.05, 3.63) is 65.5 Å². The highest BCUT2D eigenvalue weighted by atomic mass is 35.5. The van der Waals surface area contributed by atoms with Gasteiger partial charge in [0.05, 0.1) is 6.42 Å².